The molecule has 1 N–H and O–H groups in total. The standard InChI is InChI=1S/C14H21Cl2NO/c1-4-13(9-17-8-10(2)3)18-14-6-11(15)5-12(16)7-14/h5-7,10,13,17H,4,8-9H2,1-3H3. The van der Waals surface area contributed by atoms with Crippen molar-refractivity contribution in [2.75, 3.05) is 13.1 Å². The van der Waals surface area contributed by atoms with Crippen molar-refractivity contribution < 1.29 is 4.74 Å². The summed E-state index contributed by atoms with van der Waals surface area (Å²) in [5.74, 6) is 1.37. The van der Waals surface area contributed by atoms with E-state index in [0.717, 1.165) is 25.3 Å². The smallest absolute Gasteiger partial charge is 0.122 e. The third-order valence-corrected chi connectivity index (χ3v) is 2.96. The highest BCUT2D eigenvalue weighted by Crippen LogP contribution is 2.25. The molecule has 1 unspecified atom stereocenters. The van der Waals surface area contributed by atoms with Crippen LogP contribution in [0.1, 0.15) is 27.2 Å². The second kappa shape index (κ2) is 7.88. The SMILES string of the molecule is CCC(CNCC(C)C)Oc1cc(Cl)cc(Cl)c1. The van der Waals surface area contributed by atoms with Gasteiger partial charge in [-0.15, -0.1) is 0 Å². The zero-order chi connectivity index (χ0) is 13.5. The summed E-state index contributed by atoms with van der Waals surface area (Å²) in [6.45, 7) is 8.31. The highest BCUT2D eigenvalue weighted by molar-refractivity contribution is 6.34. The molecule has 0 aliphatic carbocycles. The zero-order valence-electron chi connectivity index (χ0n) is 11.2. The first-order valence-electron chi connectivity index (χ1n) is 6.34. The van der Waals surface area contributed by atoms with Crippen molar-refractivity contribution in [2.24, 2.45) is 5.92 Å². The minimum atomic E-state index is 0.137. The largest absolute Gasteiger partial charge is 0.489 e. The average molecular weight is 290 g/mol. The third kappa shape index (κ3) is 5.94. The van der Waals surface area contributed by atoms with Crippen LogP contribution in [0.2, 0.25) is 10.0 Å². The first-order chi connectivity index (χ1) is 8.51. The Hall–Kier alpha value is -0.440. The molecule has 0 saturated carbocycles. The van der Waals surface area contributed by atoms with Crippen LogP contribution in [-0.4, -0.2) is 19.2 Å². The molecule has 18 heavy (non-hydrogen) atoms. The Bertz CT molecular complexity index is 349. The van der Waals surface area contributed by atoms with E-state index in [-0.39, 0.29) is 6.10 Å². The molecule has 1 rings (SSSR count). The number of hydrogen-bond donors (Lipinski definition) is 1. The fraction of sp³-hybridized carbons (Fsp3) is 0.571. The zero-order valence-corrected chi connectivity index (χ0v) is 12.7. The van der Waals surface area contributed by atoms with E-state index >= 15 is 0 Å². The van der Waals surface area contributed by atoms with E-state index in [1.165, 1.54) is 0 Å². The first-order valence-corrected chi connectivity index (χ1v) is 7.10. The Labute approximate surface area is 120 Å². The van der Waals surface area contributed by atoms with Crippen molar-refractivity contribution in [3.05, 3.63) is 28.2 Å². The van der Waals surface area contributed by atoms with Crippen LogP contribution in [0.5, 0.6) is 5.75 Å². The van der Waals surface area contributed by atoms with Gasteiger partial charge in [0.2, 0.25) is 0 Å². The maximum absolute atomic E-state index is 5.94. The molecule has 0 fully saturated rings. The molecule has 0 saturated heterocycles. The summed E-state index contributed by atoms with van der Waals surface area (Å²) in [6.07, 6.45) is 1.08. The van der Waals surface area contributed by atoms with Crippen molar-refractivity contribution in [1.29, 1.82) is 0 Å². The molecule has 0 spiro atoms. The molecule has 1 aromatic rings. The summed E-state index contributed by atoms with van der Waals surface area (Å²) < 4.78 is 5.88. The summed E-state index contributed by atoms with van der Waals surface area (Å²) in [5, 5.41) is 4.59. The van der Waals surface area contributed by atoms with Crippen molar-refractivity contribution in [1.82, 2.24) is 5.32 Å². The lowest BCUT2D eigenvalue weighted by Gasteiger charge is -2.19. The van der Waals surface area contributed by atoms with Gasteiger partial charge in [0.05, 0.1) is 0 Å². The minimum Gasteiger partial charge on any atom is -0.489 e. The molecule has 0 amide bonds. The maximum atomic E-state index is 5.94. The topological polar surface area (TPSA) is 21.3 Å². The fourth-order valence-electron chi connectivity index (χ4n) is 1.59. The number of ether oxygens (including phenoxy) is 1. The molecule has 0 aliphatic rings. The highest BCUT2D eigenvalue weighted by atomic mass is 35.5. The molecular formula is C14H21Cl2NO. The van der Waals surface area contributed by atoms with Gasteiger partial charge in [0.1, 0.15) is 11.9 Å². The normalized spacial score (nSPS) is 12.8. The van der Waals surface area contributed by atoms with E-state index in [0.29, 0.717) is 16.0 Å². The molecular weight excluding hydrogens is 269 g/mol. The predicted octanol–water partition coefficient (Wildman–Crippen LogP) is 4.40. The van der Waals surface area contributed by atoms with E-state index in [1.807, 2.05) is 0 Å². The van der Waals surface area contributed by atoms with E-state index in [4.69, 9.17) is 27.9 Å². The summed E-state index contributed by atoms with van der Waals surface area (Å²) in [4.78, 5) is 0. The summed E-state index contributed by atoms with van der Waals surface area (Å²) >= 11 is 11.9. The molecule has 4 heteroatoms. The predicted molar refractivity (Wildman–Crippen MR) is 78.9 cm³/mol. The first kappa shape index (κ1) is 15.6. The van der Waals surface area contributed by atoms with Gasteiger partial charge < -0.3 is 10.1 Å². The number of halogens is 2. The lowest BCUT2D eigenvalue weighted by atomic mass is 10.2. The summed E-state index contributed by atoms with van der Waals surface area (Å²) in [6, 6.07) is 5.28. The summed E-state index contributed by atoms with van der Waals surface area (Å²) in [7, 11) is 0. The van der Waals surface area contributed by atoms with Crippen LogP contribution >= 0.6 is 23.2 Å². The van der Waals surface area contributed by atoms with Crippen molar-refractivity contribution in [3.8, 4) is 5.75 Å². The fourth-order valence-corrected chi connectivity index (χ4v) is 2.10. The number of benzene rings is 1. The molecule has 0 radical (unpaired) electrons. The van der Waals surface area contributed by atoms with E-state index in [9.17, 15) is 0 Å². The number of nitrogens with one attached hydrogen (secondary N) is 1. The van der Waals surface area contributed by atoms with Gasteiger partial charge in [0.15, 0.2) is 0 Å². The van der Waals surface area contributed by atoms with Crippen molar-refractivity contribution in [3.63, 3.8) is 0 Å². The van der Waals surface area contributed by atoms with Gasteiger partial charge in [-0.3, -0.25) is 0 Å². The molecule has 0 heterocycles. The Morgan fingerprint density at radius 3 is 2.22 bits per heavy atom. The van der Waals surface area contributed by atoms with Gasteiger partial charge in [-0.2, -0.15) is 0 Å². The molecule has 0 aromatic heterocycles. The number of hydrogen-bond acceptors (Lipinski definition) is 2. The van der Waals surface area contributed by atoms with E-state index in [1.54, 1.807) is 18.2 Å². The Morgan fingerprint density at radius 2 is 1.72 bits per heavy atom. The van der Waals surface area contributed by atoms with Gasteiger partial charge in [0, 0.05) is 16.6 Å². The number of rotatable bonds is 7. The van der Waals surface area contributed by atoms with Crippen LogP contribution < -0.4 is 10.1 Å². The lowest BCUT2D eigenvalue weighted by molar-refractivity contribution is 0.192. The average Bonchev–Trinajstić information content (AvgIpc) is 2.25. The highest BCUT2D eigenvalue weighted by Gasteiger charge is 2.09. The Balaban J connectivity index is 2.51. The van der Waals surface area contributed by atoms with Gasteiger partial charge >= 0.3 is 0 Å². The van der Waals surface area contributed by atoms with Crippen LogP contribution in [-0.2, 0) is 0 Å². The van der Waals surface area contributed by atoms with Crippen molar-refractivity contribution in [2.45, 2.75) is 33.3 Å². The Kier molecular flexibility index (Phi) is 6.83. The maximum Gasteiger partial charge on any atom is 0.122 e. The van der Waals surface area contributed by atoms with Crippen LogP contribution in [0.25, 0.3) is 0 Å². The van der Waals surface area contributed by atoms with Gasteiger partial charge in [-0.25, -0.2) is 0 Å². The molecule has 2 nitrogen and oxygen atoms in total. The second-order valence-electron chi connectivity index (χ2n) is 4.81. The van der Waals surface area contributed by atoms with Gasteiger partial charge in [-0.1, -0.05) is 44.0 Å². The quantitative estimate of drug-likeness (QED) is 0.803. The van der Waals surface area contributed by atoms with Crippen LogP contribution in [0.15, 0.2) is 18.2 Å². The Morgan fingerprint density at radius 1 is 1.11 bits per heavy atom. The second-order valence-corrected chi connectivity index (χ2v) is 5.68. The van der Waals surface area contributed by atoms with Gasteiger partial charge in [-0.05, 0) is 37.1 Å². The molecule has 0 bridgehead atoms. The lowest BCUT2D eigenvalue weighted by Crippen LogP contribution is -2.33. The van der Waals surface area contributed by atoms with Crippen LogP contribution in [0.4, 0.5) is 0 Å². The van der Waals surface area contributed by atoms with E-state index in [2.05, 4.69) is 26.1 Å². The van der Waals surface area contributed by atoms with E-state index < -0.39 is 0 Å². The van der Waals surface area contributed by atoms with Crippen LogP contribution in [0.3, 0.4) is 0 Å². The minimum absolute atomic E-state index is 0.137. The monoisotopic (exact) mass is 289 g/mol. The summed E-state index contributed by atoms with van der Waals surface area (Å²) in [5.41, 5.74) is 0. The van der Waals surface area contributed by atoms with Crippen molar-refractivity contribution >= 4 is 23.2 Å². The molecule has 1 atom stereocenters. The molecule has 102 valence electrons. The van der Waals surface area contributed by atoms with Crippen LogP contribution in [0, 0.1) is 5.92 Å². The molecule has 1 aromatic carbocycles. The molecule has 0 aliphatic heterocycles. The third-order valence-electron chi connectivity index (χ3n) is 2.52. The van der Waals surface area contributed by atoms with Gasteiger partial charge in [0.25, 0.3) is 0 Å².